The van der Waals surface area contributed by atoms with Crippen LogP contribution in [-0.4, -0.2) is 46.9 Å². The zero-order chi connectivity index (χ0) is 26.3. The lowest BCUT2D eigenvalue weighted by Gasteiger charge is -2.04. The quantitative estimate of drug-likeness (QED) is 0.0880. The summed E-state index contributed by atoms with van der Waals surface area (Å²) in [6, 6.07) is 5.52. The molecule has 0 aliphatic heterocycles. The molecule has 0 saturated carbocycles. The number of hydrogen-bond donors (Lipinski definition) is 4. The number of aromatic nitrogens is 1. The van der Waals surface area contributed by atoms with Crippen molar-refractivity contribution in [3.63, 3.8) is 0 Å². The van der Waals surface area contributed by atoms with Crippen LogP contribution in [0.3, 0.4) is 0 Å². The Bertz CT molecular complexity index is 1000. The van der Waals surface area contributed by atoms with E-state index in [4.69, 9.17) is 20.4 Å². The molecule has 12 heteroatoms. The molecule has 5 N–H and O–H groups in total. The Balaban J connectivity index is 0.000000762. The Morgan fingerprint density at radius 2 is 1.83 bits per heavy atom. The lowest BCUT2D eigenvalue weighted by atomic mass is 10.2. The maximum absolute atomic E-state index is 11.9. The van der Waals surface area contributed by atoms with Crippen molar-refractivity contribution < 1.29 is 32.6 Å². The van der Waals surface area contributed by atoms with Gasteiger partial charge in [-0.25, -0.2) is 10.2 Å². The molecule has 1 aromatic carbocycles. The van der Waals surface area contributed by atoms with Gasteiger partial charge in [0.25, 0.3) is 0 Å². The summed E-state index contributed by atoms with van der Waals surface area (Å²) in [4.78, 5) is 28.2. The minimum atomic E-state index is -5.08. The zero-order valence-corrected chi connectivity index (χ0v) is 19.8. The summed E-state index contributed by atoms with van der Waals surface area (Å²) < 4.78 is 37.2. The first-order valence-electron chi connectivity index (χ1n) is 11.3. The summed E-state index contributed by atoms with van der Waals surface area (Å²) in [5, 5.41) is 12.2. The molecule has 0 aliphatic rings. The fourth-order valence-electron chi connectivity index (χ4n) is 2.76. The molecule has 0 spiro atoms. The number of carboxylic acid groups (broad SMARTS) is 1. The Kier molecular flexibility index (Phi) is 12.9. The standard InChI is InChI=1S/C21H31N5O2.C2HF3O2/c1-3-5-7-9-20(27)28-17-10-11-19-18(13-17)16(14-24-19)15-25-26-21(22)23-12-8-6-4-2;3-2(4,5)1(6)7/h10-11,13-15,24H,3-9,12H2,1-2H3,(H3,22,23,26);(H,6,7)/b25-15+;. The molecule has 0 fully saturated rings. The highest BCUT2D eigenvalue weighted by atomic mass is 19.4. The molecule has 0 atom stereocenters. The van der Waals surface area contributed by atoms with Gasteiger partial charge in [0.15, 0.2) is 0 Å². The highest BCUT2D eigenvalue weighted by molar-refractivity contribution is 6.00. The predicted molar refractivity (Wildman–Crippen MR) is 129 cm³/mol. The number of rotatable bonds is 11. The number of carbonyl (C=O) groups excluding carboxylic acids is 1. The third kappa shape index (κ3) is 11.9. The highest BCUT2D eigenvalue weighted by Crippen LogP contribution is 2.23. The van der Waals surface area contributed by atoms with E-state index in [1.54, 1.807) is 12.3 Å². The minimum Gasteiger partial charge on any atom is -0.475 e. The van der Waals surface area contributed by atoms with E-state index < -0.39 is 12.1 Å². The van der Waals surface area contributed by atoms with E-state index in [0.717, 1.165) is 55.0 Å². The van der Waals surface area contributed by atoms with Crippen LogP contribution in [-0.2, 0) is 9.59 Å². The second kappa shape index (κ2) is 15.4. The molecule has 194 valence electrons. The average Bonchev–Trinajstić information content (AvgIpc) is 3.19. The number of halogens is 3. The topological polar surface area (TPSA) is 142 Å². The maximum Gasteiger partial charge on any atom is 0.490 e. The van der Waals surface area contributed by atoms with E-state index in [9.17, 15) is 18.0 Å². The number of carboxylic acids is 1. The Morgan fingerprint density at radius 1 is 1.17 bits per heavy atom. The SMILES string of the molecule is CCCCCN=C(N)N/N=C/c1c[nH]c2ccc(OC(=O)CCCCC)cc12.O=C(O)C(F)(F)F. The number of unbranched alkanes of at least 4 members (excludes halogenated alkanes) is 4. The van der Waals surface area contributed by atoms with Crippen LogP contribution in [0.15, 0.2) is 34.5 Å². The lowest BCUT2D eigenvalue weighted by Crippen LogP contribution is -2.27. The number of carbonyl (C=O) groups is 2. The monoisotopic (exact) mass is 499 g/mol. The molecular formula is C23H32F3N5O4. The fourth-order valence-corrected chi connectivity index (χ4v) is 2.76. The number of alkyl halides is 3. The van der Waals surface area contributed by atoms with Gasteiger partial charge in [-0.1, -0.05) is 39.5 Å². The molecule has 35 heavy (non-hydrogen) atoms. The average molecular weight is 500 g/mol. The van der Waals surface area contributed by atoms with Crippen LogP contribution in [0.5, 0.6) is 5.75 Å². The summed E-state index contributed by atoms with van der Waals surface area (Å²) in [5.74, 6) is -2.12. The number of hydrogen-bond acceptors (Lipinski definition) is 5. The molecule has 0 radical (unpaired) electrons. The normalized spacial score (nSPS) is 11.9. The van der Waals surface area contributed by atoms with Crippen LogP contribution >= 0.6 is 0 Å². The van der Waals surface area contributed by atoms with Gasteiger partial charge < -0.3 is 20.6 Å². The van der Waals surface area contributed by atoms with E-state index in [-0.39, 0.29) is 5.97 Å². The van der Waals surface area contributed by atoms with Crippen molar-refractivity contribution in [2.45, 2.75) is 65.0 Å². The van der Waals surface area contributed by atoms with Crippen molar-refractivity contribution in [2.75, 3.05) is 6.54 Å². The van der Waals surface area contributed by atoms with E-state index in [1.165, 1.54) is 0 Å². The Morgan fingerprint density at radius 3 is 2.46 bits per heavy atom. The first kappa shape index (κ1) is 29.5. The van der Waals surface area contributed by atoms with E-state index >= 15 is 0 Å². The minimum absolute atomic E-state index is 0.202. The van der Waals surface area contributed by atoms with Gasteiger partial charge in [-0.3, -0.25) is 9.79 Å². The van der Waals surface area contributed by atoms with Crippen LogP contribution in [0.25, 0.3) is 10.9 Å². The van der Waals surface area contributed by atoms with Crippen LogP contribution in [0.4, 0.5) is 13.2 Å². The first-order chi connectivity index (χ1) is 16.6. The number of hydrazone groups is 1. The Hall–Kier alpha value is -3.57. The maximum atomic E-state index is 11.9. The highest BCUT2D eigenvalue weighted by Gasteiger charge is 2.38. The van der Waals surface area contributed by atoms with Crippen molar-refractivity contribution in [1.29, 1.82) is 0 Å². The fraction of sp³-hybridized carbons (Fsp3) is 0.478. The van der Waals surface area contributed by atoms with Gasteiger partial charge in [0, 0.05) is 35.6 Å². The summed E-state index contributed by atoms with van der Waals surface area (Å²) in [7, 11) is 0. The summed E-state index contributed by atoms with van der Waals surface area (Å²) >= 11 is 0. The summed E-state index contributed by atoms with van der Waals surface area (Å²) in [5.41, 5.74) is 10.3. The molecule has 2 rings (SSSR count). The number of aliphatic carboxylic acids is 1. The number of aliphatic imine (C=N–C) groups is 1. The van der Waals surface area contributed by atoms with E-state index in [0.29, 0.717) is 24.7 Å². The summed E-state index contributed by atoms with van der Waals surface area (Å²) in [6.07, 6.45) is 5.14. The van der Waals surface area contributed by atoms with E-state index in [2.05, 4.69) is 34.4 Å². The largest absolute Gasteiger partial charge is 0.490 e. The van der Waals surface area contributed by atoms with Gasteiger partial charge in [-0.2, -0.15) is 18.3 Å². The molecular weight excluding hydrogens is 467 g/mol. The molecule has 2 aromatic rings. The van der Waals surface area contributed by atoms with E-state index in [1.807, 2.05) is 18.3 Å². The van der Waals surface area contributed by atoms with Gasteiger partial charge in [0.2, 0.25) is 5.96 Å². The van der Waals surface area contributed by atoms with Crippen LogP contribution < -0.4 is 15.9 Å². The molecule has 9 nitrogen and oxygen atoms in total. The number of aromatic amines is 1. The molecule has 0 saturated heterocycles. The van der Waals surface area contributed by atoms with Crippen molar-refractivity contribution in [3.05, 3.63) is 30.0 Å². The number of esters is 1. The number of guanidine groups is 1. The van der Waals surface area contributed by atoms with Crippen molar-refractivity contribution in [2.24, 2.45) is 15.8 Å². The number of nitrogens with one attached hydrogen (secondary N) is 2. The lowest BCUT2D eigenvalue weighted by molar-refractivity contribution is -0.192. The first-order valence-corrected chi connectivity index (χ1v) is 11.3. The predicted octanol–water partition coefficient (Wildman–Crippen LogP) is 4.72. The number of nitrogens with zero attached hydrogens (tertiary/aromatic N) is 2. The summed E-state index contributed by atoms with van der Waals surface area (Å²) in [6.45, 7) is 4.95. The van der Waals surface area contributed by atoms with Gasteiger partial charge >= 0.3 is 18.1 Å². The third-order valence-corrected chi connectivity index (χ3v) is 4.57. The van der Waals surface area contributed by atoms with Crippen LogP contribution in [0.2, 0.25) is 0 Å². The van der Waals surface area contributed by atoms with Gasteiger partial charge in [-0.05, 0) is 31.0 Å². The van der Waals surface area contributed by atoms with Crippen molar-refractivity contribution in [1.82, 2.24) is 10.4 Å². The van der Waals surface area contributed by atoms with Crippen LogP contribution in [0, 0.1) is 0 Å². The second-order valence-corrected chi connectivity index (χ2v) is 7.53. The zero-order valence-electron chi connectivity index (χ0n) is 19.8. The number of H-pyrrole nitrogens is 1. The molecule has 0 amide bonds. The number of fused-ring (bicyclic) bond motifs is 1. The molecule has 0 aliphatic carbocycles. The van der Waals surface area contributed by atoms with Crippen molar-refractivity contribution in [3.8, 4) is 5.75 Å². The third-order valence-electron chi connectivity index (χ3n) is 4.57. The van der Waals surface area contributed by atoms with Crippen LogP contribution in [0.1, 0.15) is 64.4 Å². The molecule has 1 heterocycles. The van der Waals surface area contributed by atoms with Gasteiger partial charge in [0.05, 0.1) is 6.21 Å². The number of benzene rings is 1. The molecule has 0 unspecified atom stereocenters. The van der Waals surface area contributed by atoms with Crippen molar-refractivity contribution >= 4 is 35.0 Å². The Labute approximate surface area is 201 Å². The van der Waals surface area contributed by atoms with Gasteiger partial charge in [-0.15, -0.1) is 0 Å². The molecule has 0 bridgehead atoms. The number of ether oxygens (including phenoxy) is 1. The smallest absolute Gasteiger partial charge is 0.475 e. The second-order valence-electron chi connectivity index (χ2n) is 7.53. The number of nitrogens with two attached hydrogens (primary N) is 1. The molecule has 1 aromatic heterocycles. The van der Waals surface area contributed by atoms with Gasteiger partial charge in [0.1, 0.15) is 5.75 Å².